The molecule has 0 bridgehead atoms. The predicted octanol–water partition coefficient (Wildman–Crippen LogP) is 0.505. The molecule has 1 rings (SSSR count). The molecule has 5 nitrogen and oxygen atoms in total. The van der Waals surface area contributed by atoms with Crippen molar-refractivity contribution in [3.8, 4) is 0 Å². The molecular weight excluding hydrogens is 182 g/mol. The number of nitrogens with zero attached hydrogens (tertiary/aromatic N) is 2. The number of aromatic nitrogens is 1. The number of hydrogen-bond donors (Lipinski definition) is 2. The molecule has 0 amide bonds. The lowest BCUT2D eigenvalue weighted by molar-refractivity contribution is 0.0696. The molecule has 0 spiro atoms. The summed E-state index contributed by atoms with van der Waals surface area (Å²) in [6.07, 6.45) is 1.26. The summed E-state index contributed by atoms with van der Waals surface area (Å²) in [4.78, 5) is 18.3. The van der Waals surface area contributed by atoms with Crippen LogP contribution < -0.4 is 5.73 Å². The van der Waals surface area contributed by atoms with Gasteiger partial charge in [-0.05, 0) is 19.1 Å². The number of carbonyl (C=O) groups is 1. The number of hydrogen-bond acceptors (Lipinski definition) is 3. The summed E-state index contributed by atoms with van der Waals surface area (Å²) >= 11 is 0. The van der Waals surface area contributed by atoms with Crippen molar-refractivity contribution in [3.63, 3.8) is 0 Å². The quantitative estimate of drug-likeness (QED) is 0.540. The van der Waals surface area contributed by atoms with E-state index in [0.717, 1.165) is 0 Å². The van der Waals surface area contributed by atoms with Crippen molar-refractivity contribution in [2.75, 3.05) is 6.54 Å². The van der Waals surface area contributed by atoms with Gasteiger partial charge < -0.3 is 10.8 Å². The Morgan fingerprint density at radius 3 is 2.79 bits per heavy atom. The molecule has 0 aliphatic carbocycles. The topological polar surface area (TPSA) is 88.6 Å². The van der Waals surface area contributed by atoms with Crippen molar-refractivity contribution in [2.45, 2.75) is 6.92 Å². The third-order valence-electron chi connectivity index (χ3n) is 1.60. The average molecular weight is 193 g/mol. The number of amidine groups is 1. The summed E-state index contributed by atoms with van der Waals surface area (Å²) in [7, 11) is 0. The zero-order valence-corrected chi connectivity index (χ0v) is 7.77. The molecule has 0 aliphatic heterocycles. The Kier molecular flexibility index (Phi) is 3.17. The highest BCUT2D eigenvalue weighted by Gasteiger charge is 2.04. The van der Waals surface area contributed by atoms with E-state index in [1.807, 2.05) is 6.92 Å². The zero-order chi connectivity index (χ0) is 10.6. The van der Waals surface area contributed by atoms with Crippen LogP contribution in [0.4, 0.5) is 0 Å². The predicted molar refractivity (Wildman–Crippen MR) is 52.5 cm³/mol. The number of aliphatic imine (C=N–C) groups is 1. The van der Waals surface area contributed by atoms with E-state index in [4.69, 9.17) is 10.8 Å². The van der Waals surface area contributed by atoms with Crippen LogP contribution in [0.2, 0.25) is 0 Å². The van der Waals surface area contributed by atoms with E-state index in [1.54, 1.807) is 0 Å². The summed E-state index contributed by atoms with van der Waals surface area (Å²) in [5.74, 6) is -0.681. The maximum atomic E-state index is 10.5. The lowest BCUT2D eigenvalue weighted by atomic mass is 10.2. The van der Waals surface area contributed by atoms with Crippen LogP contribution in [-0.2, 0) is 0 Å². The lowest BCUT2D eigenvalue weighted by Crippen LogP contribution is -2.15. The van der Waals surface area contributed by atoms with Crippen LogP contribution in [0.25, 0.3) is 0 Å². The first-order valence-electron chi connectivity index (χ1n) is 4.14. The highest BCUT2D eigenvalue weighted by atomic mass is 16.4. The first-order chi connectivity index (χ1) is 6.65. The largest absolute Gasteiger partial charge is 0.478 e. The molecule has 0 fully saturated rings. The van der Waals surface area contributed by atoms with Crippen LogP contribution in [-0.4, -0.2) is 28.4 Å². The Balaban J connectivity index is 2.94. The smallest absolute Gasteiger partial charge is 0.337 e. The van der Waals surface area contributed by atoms with E-state index >= 15 is 0 Å². The maximum absolute atomic E-state index is 10.5. The fourth-order valence-electron chi connectivity index (χ4n) is 0.923. The monoisotopic (exact) mass is 193 g/mol. The second-order valence-electron chi connectivity index (χ2n) is 2.60. The van der Waals surface area contributed by atoms with E-state index in [1.165, 1.54) is 18.3 Å². The van der Waals surface area contributed by atoms with Gasteiger partial charge in [0, 0.05) is 12.7 Å². The van der Waals surface area contributed by atoms with E-state index in [-0.39, 0.29) is 5.56 Å². The van der Waals surface area contributed by atoms with E-state index < -0.39 is 5.97 Å². The van der Waals surface area contributed by atoms with Crippen LogP contribution in [0.5, 0.6) is 0 Å². The molecule has 3 N–H and O–H groups in total. The van der Waals surface area contributed by atoms with Gasteiger partial charge in [0.2, 0.25) is 0 Å². The van der Waals surface area contributed by atoms with Crippen molar-refractivity contribution in [3.05, 3.63) is 29.6 Å². The van der Waals surface area contributed by atoms with Crippen molar-refractivity contribution < 1.29 is 9.90 Å². The molecule has 1 aromatic heterocycles. The Morgan fingerprint density at radius 1 is 1.64 bits per heavy atom. The molecule has 0 unspecified atom stereocenters. The molecule has 5 heteroatoms. The number of pyridine rings is 1. The van der Waals surface area contributed by atoms with Gasteiger partial charge in [0.15, 0.2) is 0 Å². The standard InChI is InChI=1S/C9H11N3O2/c1-2-11-8(10)7-4-3-6(5-12-7)9(13)14/h3-5H,2H2,1H3,(H2,10,11)(H,13,14). The summed E-state index contributed by atoms with van der Waals surface area (Å²) in [6.45, 7) is 2.44. The van der Waals surface area contributed by atoms with Gasteiger partial charge in [-0.25, -0.2) is 4.79 Å². The van der Waals surface area contributed by atoms with Gasteiger partial charge in [0.05, 0.1) is 5.56 Å². The highest BCUT2D eigenvalue weighted by molar-refractivity contribution is 5.96. The van der Waals surface area contributed by atoms with Crippen molar-refractivity contribution >= 4 is 11.8 Å². The maximum Gasteiger partial charge on any atom is 0.337 e. The van der Waals surface area contributed by atoms with Crippen LogP contribution in [0.1, 0.15) is 23.0 Å². The second kappa shape index (κ2) is 4.36. The Bertz CT molecular complexity index is 357. The molecular formula is C9H11N3O2. The molecule has 14 heavy (non-hydrogen) atoms. The minimum atomic E-state index is -1.00. The SMILES string of the molecule is CCN=C(N)c1ccc(C(=O)O)cn1. The molecule has 0 radical (unpaired) electrons. The third kappa shape index (κ3) is 2.29. The van der Waals surface area contributed by atoms with Gasteiger partial charge in [-0.3, -0.25) is 9.98 Å². The molecule has 0 saturated heterocycles. The first-order valence-corrected chi connectivity index (χ1v) is 4.14. The normalized spacial score (nSPS) is 11.4. The molecule has 0 aliphatic rings. The van der Waals surface area contributed by atoms with Gasteiger partial charge in [-0.2, -0.15) is 0 Å². The Morgan fingerprint density at radius 2 is 2.36 bits per heavy atom. The zero-order valence-electron chi connectivity index (χ0n) is 7.77. The summed E-state index contributed by atoms with van der Waals surface area (Å²) in [5, 5.41) is 8.62. The van der Waals surface area contributed by atoms with E-state index in [0.29, 0.717) is 18.1 Å². The van der Waals surface area contributed by atoms with Gasteiger partial charge >= 0.3 is 5.97 Å². The van der Waals surface area contributed by atoms with Gasteiger partial charge in [-0.1, -0.05) is 0 Å². The van der Waals surface area contributed by atoms with Crippen LogP contribution in [0, 0.1) is 0 Å². The fourth-order valence-corrected chi connectivity index (χ4v) is 0.923. The highest BCUT2D eigenvalue weighted by Crippen LogP contribution is 1.99. The minimum absolute atomic E-state index is 0.137. The number of rotatable bonds is 3. The van der Waals surface area contributed by atoms with Crippen molar-refractivity contribution in [1.29, 1.82) is 0 Å². The van der Waals surface area contributed by atoms with Gasteiger partial charge in [0.25, 0.3) is 0 Å². The van der Waals surface area contributed by atoms with Crippen LogP contribution in [0.15, 0.2) is 23.3 Å². The molecule has 0 aromatic carbocycles. The summed E-state index contributed by atoms with van der Waals surface area (Å²) in [5.41, 5.74) is 6.21. The van der Waals surface area contributed by atoms with Crippen LogP contribution >= 0.6 is 0 Å². The number of carboxylic acids is 1. The molecule has 0 atom stereocenters. The Labute approximate surface area is 81.3 Å². The fraction of sp³-hybridized carbons (Fsp3) is 0.222. The molecule has 0 saturated carbocycles. The molecule has 1 heterocycles. The summed E-state index contributed by atoms with van der Waals surface area (Å²) < 4.78 is 0. The summed E-state index contributed by atoms with van der Waals surface area (Å²) in [6, 6.07) is 2.99. The Hall–Kier alpha value is -1.91. The van der Waals surface area contributed by atoms with Crippen molar-refractivity contribution in [1.82, 2.24) is 4.98 Å². The van der Waals surface area contributed by atoms with E-state index in [9.17, 15) is 4.79 Å². The third-order valence-corrected chi connectivity index (χ3v) is 1.60. The van der Waals surface area contributed by atoms with Crippen molar-refractivity contribution in [2.24, 2.45) is 10.7 Å². The molecule has 1 aromatic rings. The second-order valence-corrected chi connectivity index (χ2v) is 2.60. The number of carboxylic acid groups (broad SMARTS) is 1. The average Bonchev–Trinajstić information content (AvgIpc) is 2.18. The minimum Gasteiger partial charge on any atom is -0.478 e. The molecule has 74 valence electrons. The van der Waals surface area contributed by atoms with Gasteiger partial charge in [0.1, 0.15) is 11.5 Å². The van der Waals surface area contributed by atoms with Crippen LogP contribution in [0.3, 0.4) is 0 Å². The number of nitrogens with two attached hydrogens (primary N) is 1. The first kappa shape index (κ1) is 10.2. The van der Waals surface area contributed by atoms with E-state index in [2.05, 4.69) is 9.98 Å². The number of aromatic carboxylic acids is 1. The van der Waals surface area contributed by atoms with Gasteiger partial charge in [-0.15, -0.1) is 0 Å². The lowest BCUT2D eigenvalue weighted by Gasteiger charge is -1.99.